The van der Waals surface area contributed by atoms with Crippen LogP contribution < -0.4 is 15.5 Å². The van der Waals surface area contributed by atoms with Crippen molar-refractivity contribution in [1.29, 1.82) is 0 Å². The van der Waals surface area contributed by atoms with Crippen molar-refractivity contribution in [3.05, 3.63) is 30.3 Å². The van der Waals surface area contributed by atoms with Crippen molar-refractivity contribution in [3.63, 3.8) is 0 Å². The highest BCUT2D eigenvalue weighted by atomic mass is 16.6. The number of anilines is 1. The number of piperazine rings is 1. The van der Waals surface area contributed by atoms with E-state index in [0.29, 0.717) is 38.7 Å². The molecule has 0 unspecified atom stereocenters. The van der Waals surface area contributed by atoms with Crippen molar-refractivity contribution in [2.24, 2.45) is 4.99 Å². The molecular formula is C23H36N6O3. The fraction of sp³-hybridized carbons (Fsp3) is 0.609. The number of para-hydroxylation sites is 1. The normalized spacial score (nSPS) is 17.8. The molecule has 2 amide bonds. The number of ether oxygens (including phenoxy) is 1. The van der Waals surface area contributed by atoms with Gasteiger partial charge in [-0.25, -0.2) is 9.79 Å². The molecule has 9 nitrogen and oxygen atoms in total. The van der Waals surface area contributed by atoms with E-state index >= 15 is 0 Å². The Hall–Kier alpha value is -2.97. The van der Waals surface area contributed by atoms with Crippen LogP contribution in [0, 0.1) is 0 Å². The van der Waals surface area contributed by atoms with Gasteiger partial charge in [0.05, 0.1) is 6.61 Å². The van der Waals surface area contributed by atoms with Crippen LogP contribution in [-0.2, 0) is 9.53 Å². The number of amides is 2. The number of aliphatic imine (C=N–C) groups is 1. The maximum Gasteiger partial charge on any atom is 0.409 e. The SMILES string of the molecule is CCNC(=NCC(=O)N1CCN(c2ccccc2)CC1)NC1CCN(C(=O)OCC)CC1. The first-order valence-electron chi connectivity index (χ1n) is 11.6. The summed E-state index contributed by atoms with van der Waals surface area (Å²) >= 11 is 0. The molecule has 176 valence electrons. The highest BCUT2D eigenvalue weighted by molar-refractivity contribution is 5.85. The van der Waals surface area contributed by atoms with Gasteiger partial charge in [0.25, 0.3) is 0 Å². The second-order valence-electron chi connectivity index (χ2n) is 8.00. The van der Waals surface area contributed by atoms with Crippen molar-refractivity contribution in [2.45, 2.75) is 32.7 Å². The molecule has 0 saturated carbocycles. The molecule has 2 saturated heterocycles. The molecule has 0 atom stereocenters. The number of hydrogen-bond acceptors (Lipinski definition) is 5. The number of hydrogen-bond donors (Lipinski definition) is 2. The summed E-state index contributed by atoms with van der Waals surface area (Å²) in [4.78, 5) is 35.0. The number of piperidine rings is 1. The molecule has 2 N–H and O–H groups in total. The molecule has 2 aliphatic heterocycles. The number of carbonyl (C=O) groups is 2. The van der Waals surface area contributed by atoms with Crippen molar-refractivity contribution in [2.75, 3.05) is 63.9 Å². The Balaban J connectivity index is 1.44. The molecule has 3 rings (SSSR count). The van der Waals surface area contributed by atoms with E-state index in [0.717, 1.165) is 32.5 Å². The number of nitrogens with one attached hydrogen (secondary N) is 2. The van der Waals surface area contributed by atoms with E-state index in [4.69, 9.17) is 4.74 Å². The zero-order valence-corrected chi connectivity index (χ0v) is 19.3. The van der Waals surface area contributed by atoms with Crippen LogP contribution in [0.25, 0.3) is 0 Å². The van der Waals surface area contributed by atoms with Crippen molar-refractivity contribution in [3.8, 4) is 0 Å². The molecule has 1 aromatic rings. The minimum Gasteiger partial charge on any atom is -0.450 e. The van der Waals surface area contributed by atoms with Crippen LogP contribution in [0.3, 0.4) is 0 Å². The van der Waals surface area contributed by atoms with Gasteiger partial charge in [0.1, 0.15) is 6.54 Å². The average molecular weight is 445 g/mol. The van der Waals surface area contributed by atoms with Crippen LogP contribution in [0.4, 0.5) is 10.5 Å². The number of rotatable bonds is 6. The van der Waals surface area contributed by atoms with Gasteiger partial charge in [0.15, 0.2) is 5.96 Å². The third-order valence-corrected chi connectivity index (χ3v) is 5.83. The van der Waals surface area contributed by atoms with E-state index in [1.807, 2.05) is 36.9 Å². The lowest BCUT2D eigenvalue weighted by Crippen LogP contribution is -2.51. The summed E-state index contributed by atoms with van der Waals surface area (Å²) in [6.45, 7) is 9.44. The summed E-state index contributed by atoms with van der Waals surface area (Å²) in [7, 11) is 0. The molecule has 0 radical (unpaired) electrons. The van der Waals surface area contributed by atoms with Crippen molar-refractivity contribution >= 4 is 23.6 Å². The summed E-state index contributed by atoms with van der Waals surface area (Å²) < 4.78 is 5.08. The van der Waals surface area contributed by atoms with E-state index in [9.17, 15) is 9.59 Å². The minimum atomic E-state index is -0.246. The average Bonchev–Trinajstić information content (AvgIpc) is 2.84. The first-order valence-corrected chi connectivity index (χ1v) is 11.6. The van der Waals surface area contributed by atoms with E-state index in [1.165, 1.54) is 5.69 Å². The van der Waals surface area contributed by atoms with E-state index in [1.54, 1.807) is 4.90 Å². The van der Waals surface area contributed by atoms with E-state index < -0.39 is 0 Å². The van der Waals surface area contributed by atoms with E-state index in [2.05, 4.69) is 32.7 Å². The minimum absolute atomic E-state index is 0.0482. The fourth-order valence-corrected chi connectivity index (χ4v) is 4.03. The number of carbonyl (C=O) groups excluding carboxylic acids is 2. The summed E-state index contributed by atoms with van der Waals surface area (Å²) in [6.07, 6.45) is 1.39. The molecular weight excluding hydrogens is 408 g/mol. The predicted octanol–water partition coefficient (Wildman–Crippen LogP) is 1.51. The summed E-state index contributed by atoms with van der Waals surface area (Å²) in [5.74, 6) is 0.699. The molecule has 2 aliphatic rings. The second kappa shape index (κ2) is 12.2. The van der Waals surface area contributed by atoms with Crippen molar-refractivity contribution < 1.29 is 14.3 Å². The highest BCUT2D eigenvalue weighted by Crippen LogP contribution is 2.15. The number of likely N-dealkylation sites (tertiary alicyclic amines) is 1. The van der Waals surface area contributed by atoms with Crippen LogP contribution in [0.5, 0.6) is 0 Å². The Morgan fingerprint density at radius 3 is 2.31 bits per heavy atom. The van der Waals surface area contributed by atoms with Crippen LogP contribution in [0.2, 0.25) is 0 Å². The smallest absolute Gasteiger partial charge is 0.409 e. The summed E-state index contributed by atoms with van der Waals surface area (Å²) in [5.41, 5.74) is 1.20. The van der Waals surface area contributed by atoms with E-state index in [-0.39, 0.29) is 24.6 Å². The topological polar surface area (TPSA) is 89.5 Å². The summed E-state index contributed by atoms with van der Waals surface area (Å²) in [5, 5.41) is 6.64. The lowest BCUT2D eigenvalue weighted by molar-refractivity contribution is -0.129. The van der Waals surface area contributed by atoms with Gasteiger partial charge in [-0.3, -0.25) is 4.79 Å². The third-order valence-electron chi connectivity index (χ3n) is 5.83. The standard InChI is InChI=1S/C23H36N6O3/c1-3-24-22(26-19-10-12-29(13-11-19)23(31)32-4-2)25-18-21(30)28-16-14-27(15-17-28)20-8-6-5-7-9-20/h5-9,19H,3-4,10-18H2,1-2H3,(H2,24,25,26). The Labute approximate surface area is 190 Å². The van der Waals surface area contributed by atoms with Crippen LogP contribution in [-0.4, -0.2) is 92.8 Å². The second-order valence-corrected chi connectivity index (χ2v) is 8.00. The lowest BCUT2D eigenvalue weighted by Gasteiger charge is -2.36. The predicted molar refractivity (Wildman–Crippen MR) is 126 cm³/mol. The molecule has 2 heterocycles. The van der Waals surface area contributed by atoms with Gasteiger partial charge in [-0.1, -0.05) is 18.2 Å². The maximum absolute atomic E-state index is 12.7. The zero-order chi connectivity index (χ0) is 22.8. The van der Waals surface area contributed by atoms with Gasteiger partial charge < -0.3 is 30.1 Å². The fourth-order valence-electron chi connectivity index (χ4n) is 4.03. The first-order chi connectivity index (χ1) is 15.6. The van der Waals surface area contributed by atoms with Gasteiger partial charge in [-0.05, 0) is 38.8 Å². The number of nitrogens with zero attached hydrogens (tertiary/aromatic N) is 4. The van der Waals surface area contributed by atoms with Crippen LogP contribution >= 0.6 is 0 Å². The van der Waals surface area contributed by atoms with Crippen LogP contribution in [0.1, 0.15) is 26.7 Å². The van der Waals surface area contributed by atoms with Gasteiger partial charge in [0, 0.05) is 57.5 Å². The Morgan fingerprint density at radius 2 is 1.69 bits per heavy atom. The maximum atomic E-state index is 12.7. The molecule has 0 aliphatic carbocycles. The number of guanidine groups is 1. The van der Waals surface area contributed by atoms with Crippen LogP contribution in [0.15, 0.2) is 35.3 Å². The summed E-state index contributed by atoms with van der Waals surface area (Å²) in [6, 6.07) is 10.5. The Bertz CT molecular complexity index is 756. The molecule has 1 aromatic carbocycles. The quantitative estimate of drug-likeness (QED) is 0.511. The van der Waals surface area contributed by atoms with Gasteiger partial charge >= 0.3 is 6.09 Å². The van der Waals surface area contributed by atoms with Gasteiger partial charge in [0.2, 0.25) is 5.91 Å². The van der Waals surface area contributed by atoms with Gasteiger partial charge in [-0.2, -0.15) is 0 Å². The Kier molecular flexibility index (Phi) is 9.01. The number of benzene rings is 1. The Morgan fingerprint density at radius 1 is 1.00 bits per heavy atom. The molecule has 0 bridgehead atoms. The van der Waals surface area contributed by atoms with Crippen molar-refractivity contribution in [1.82, 2.24) is 20.4 Å². The zero-order valence-electron chi connectivity index (χ0n) is 19.3. The highest BCUT2D eigenvalue weighted by Gasteiger charge is 2.25. The molecule has 32 heavy (non-hydrogen) atoms. The molecule has 0 spiro atoms. The monoisotopic (exact) mass is 444 g/mol. The first kappa shape index (κ1) is 23.7. The molecule has 9 heteroatoms. The van der Waals surface area contributed by atoms with Gasteiger partial charge in [-0.15, -0.1) is 0 Å². The molecule has 0 aromatic heterocycles. The molecule has 2 fully saturated rings. The third kappa shape index (κ3) is 6.77. The largest absolute Gasteiger partial charge is 0.450 e. The lowest BCUT2D eigenvalue weighted by atomic mass is 10.1.